The summed E-state index contributed by atoms with van der Waals surface area (Å²) < 4.78 is 0. The molecule has 0 aliphatic carbocycles. The van der Waals surface area contributed by atoms with Gasteiger partial charge in [0.15, 0.2) is 0 Å². The Morgan fingerprint density at radius 3 is 2.24 bits per heavy atom. The van der Waals surface area contributed by atoms with Crippen molar-refractivity contribution in [2.45, 2.75) is 13.8 Å². The van der Waals surface area contributed by atoms with Crippen LogP contribution in [0, 0.1) is 6.92 Å². The number of pyridine rings is 2. The Morgan fingerprint density at radius 2 is 1.58 bits per heavy atom. The van der Waals surface area contributed by atoms with E-state index in [9.17, 15) is 10.2 Å². The molecule has 0 aliphatic rings. The zero-order valence-corrected chi connectivity index (χ0v) is 18.9. The minimum atomic E-state index is -0.0146. The number of hydrogen-bond donors (Lipinski definition) is 0. The molecule has 0 unspecified atom stereocenters. The quantitative estimate of drug-likeness (QED) is 0.338. The van der Waals surface area contributed by atoms with Gasteiger partial charge in [0.05, 0.1) is 11.2 Å². The van der Waals surface area contributed by atoms with Gasteiger partial charge >= 0.3 is 10.1 Å². The molecule has 0 aliphatic heterocycles. The fourth-order valence-corrected chi connectivity index (χ4v) is 3.47. The first-order chi connectivity index (χ1) is 15.5. The largest absolute Gasteiger partial charge is 2.00 e. The molecular formula is C28H24BeN2O2. The standard InChI is InChI=1S/2C14H13NO.Be/c1-3-11-7-5-9-15-14(11)13-10(2)6-4-8-12(13)16;1-3-10-7-8-11-6-5-9-15-14(11)13(10)12(16)4-2;/h2*3-9,16H,1H2,2H3;/q;;+2/p-2/b;12-4+;. The summed E-state index contributed by atoms with van der Waals surface area (Å²) in [6, 6.07) is 16.6. The molecule has 4 aromatic rings. The number of aryl methyl sites for hydroxylation is 1. The summed E-state index contributed by atoms with van der Waals surface area (Å²) >= 11 is 0. The number of benzene rings is 2. The number of nitrogens with zero attached hydrogens (tertiary/aromatic N) is 2. The third kappa shape index (κ3) is 5.43. The van der Waals surface area contributed by atoms with Crippen LogP contribution in [-0.2, 0) is 0 Å². The van der Waals surface area contributed by atoms with E-state index in [2.05, 4.69) is 23.1 Å². The average Bonchev–Trinajstić information content (AvgIpc) is 2.83. The van der Waals surface area contributed by atoms with E-state index in [0.29, 0.717) is 16.8 Å². The Bertz CT molecular complexity index is 1290. The monoisotopic (exact) mass is 429 g/mol. The molecule has 2 aromatic heterocycles. The van der Waals surface area contributed by atoms with Gasteiger partial charge in [0, 0.05) is 23.3 Å². The van der Waals surface area contributed by atoms with Crippen LogP contribution in [0.3, 0.4) is 0 Å². The molecule has 2 heterocycles. The molecule has 0 bridgehead atoms. The maximum Gasteiger partial charge on any atom is 2.00 e. The molecule has 0 radical (unpaired) electrons. The second-order valence-electron chi connectivity index (χ2n) is 7.06. The Hall–Kier alpha value is -4.01. The summed E-state index contributed by atoms with van der Waals surface area (Å²) in [6.07, 6.45) is 8.34. The van der Waals surface area contributed by atoms with Crippen molar-refractivity contribution in [1.29, 1.82) is 0 Å². The minimum Gasteiger partial charge on any atom is -0.872 e. The molecule has 0 saturated heterocycles. The van der Waals surface area contributed by atoms with E-state index >= 15 is 0 Å². The van der Waals surface area contributed by atoms with Gasteiger partial charge < -0.3 is 10.2 Å². The summed E-state index contributed by atoms with van der Waals surface area (Å²) in [4.78, 5) is 8.54. The van der Waals surface area contributed by atoms with Crippen LogP contribution in [-0.4, -0.2) is 20.1 Å². The SMILES string of the molecule is C=Cc1ccc2cccnc2c1/C([O-])=C\C.C=Cc1cccnc1-c1c(C)cccc1[O-].[Be+2]. The van der Waals surface area contributed by atoms with Gasteiger partial charge in [-0.1, -0.05) is 79.6 Å². The van der Waals surface area contributed by atoms with Gasteiger partial charge in [0.25, 0.3) is 0 Å². The molecule has 2 aromatic carbocycles. The van der Waals surface area contributed by atoms with Crippen LogP contribution in [0.5, 0.6) is 5.75 Å². The number of allylic oxidation sites excluding steroid dienone is 1. The van der Waals surface area contributed by atoms with Crippen LogP contribution in [0.15, 0.2) is 86.2 Å². The van der Waals surface area contributed by atoms with E-state index < -0.39 is 0 Å². The summed E-state index contributed by atoms with van der Waals surface area (Å²) in [5.41, 5.74) is 5.40. The van der Waals surface area contributed by atoms with E-state index in [1.54, 1.807) is 49.7 Å². The van der Waals surface area contributed by atoms with Crippen molar-refractivity contribution in [3.8, 4) is 17.0 Å². The molecule has 160 valence electrons. The van der Waals surface area contributed by atoms with E-state index in [-0.39, 0.29) is 21.6 Å². The Labute approximate surface area is 198 Å². The zero-order valence-electron chi connectivity index (χ0n) is 18.9. The van der Waals surface area contributed by atoms with Gasteiger partial charge in [-0.05, 0) is 48.2 Å². The fraction of sp³-hybridized carbons (Fsp3) is 0.0714. The summed E-state index contributed by atoms with van der Waals surface area (Å²) in [7, 11) is 0. The number of aromatic nitrogens is 2. The second kappa shape index (κ2) is 11.6. The van der Waals surface area contributed by atoms with E-state index in [4.69, 9.17) is 0 Å². The summed E-state index contributed by atoms with van der Waals surface area (Å²) in [5, 5.41) is 24.7. The van der Waals surface area contributed by atoms with Gasteiger partial charge in [0.1, 0.15) is 0 Å². The number of fused-ring (bicyclic) bond motifs is 1. The number of rotatable bonds is 4. The Kier molecular flexibility index (Phi) is 8.85. The summed E-state index contributed by atoms with van der Waals surface area (Å²) in [6.45, 7) is 11.1. The third-order valence-electron chi connectivity index (χ3n) is 5.07. The van der Waals surface area contributed by atoms with Gasteiger partial charge in [-0.25, -0.2) is 0 Å². The van der Waals surface area contributed by atoms with E-state index in [1.807, 2.05) is 49.4 Å². The van der Waals surface area contributed by atoms with E-state index in [1.165, 1.54) is 0 Å². The van der Waals surface area contributed by atoms with Gasteiger partial charge in [-0.2, -0.15) is 0 Å². The third-order valence-corrected chi connectivity index (χ3v) is 5.07. The maximum atomic E-state index is 11.9. The van der Waals surface area contributed by atoms with E-state index in [0.717, 1.165) is 27.6 Å². The van der Waals surface area contributed by atoms with Crippen molar-refractivity contribution in [2.75, 3.05) is 0 Å². The van der Waals surface area contributed by atoms with Crippen LogP contribution in [0.2, 0.25) is 0 Å². The van der Waals surface area contributed by atoms with Gasteiger partial charge in [-0.15, -0.1) is 5.76 Å². The predicted molar refractivity (Wildman–Crippen MR) is 135 cm³/mol. The number of hydrogen-bond acceptors (Lipinski definition) is 4. The first-order valence-electron chi connectivity index (χ1n) is 10.2. The molecule has 4 rings (SSSR count). The van der Waals surface area contributed by atoms with Crippen molar-refractivity contribution in [2.24, 2.45) is 0 Å². The molecule has 4 nitrogen and oxygen atoms in total. The average molecular weight is 430 g/mol. The van der Waals surface area contributed by atoms with Crippen molar-refractivity contribution >= 4 is 38.9 Å². The predicted octanol–water partition coefficient (Wildman–Crippen LogP) is 4.99. The van der Waals surface area contributed by atoms with Crippen molar-refractivity contribution < 1.29 is 10.2 Å². The normalized spacial score (nSPS) is 10.5. The minimum absolute atomic E-state index is 0. The van der Waals surface area contributed by atoms with Crippen molar-refractivity contribution in [3.05, 3.63) is 108 Å². The van der Waals surface area contributed by atoms with Crippen LogP contribution >= 0.6 is 0 Å². The van der Waals surface area contributed by atoms with Crippen molar-refractivity contribution in [1.82, 2.24) is 9.97 Å². The molecule has 0 atom stereocenters. The Morgan fingerprint density at radius 1 is 0.879 bits per heavy atom. The van der Waals surface area contributed by atoms with Crippen LogP contribution in [0.25, 0.3) is 40.1 Å². The fourth-order valence-electron chi connectivity index (χ4n) is 3.47. The molecule has 0 amide bonds. The van der Waals surface area contributed by atoms with Crippen LogP contribution in [0.4, 0.5) is 0 Å². The Balaban J connectivity index is 0.000000227. The molecular weight excluding hydrogens is 405 g/mol. The summed E-state index contributed by atoms with van der Waals surface area (Å²) in [5.74, 6) is -0.0130. The van der Waals surface area contributed by atoms with Gasteiger partial charge in [-0.3, -0.25) is 9.97 Å². The van der Waals surface area contributed by atoms with Crippen LogP contribution in [0.1, 0.15) is 29.2 Å². The second-order valence-corrected chi connectivity index (χ2v) is 7.06. The molecule has 0 saturated carbocycles. The van der Waals surface area contributed by atoms with Crippen molar-refractivity contribution in [3.63, 3.8) is 0 Å². The maximum absolute atomic E-state index is 11.9. The molecule has 0 spiro atoms. The molecule has 33 heavy (non-hydrogen) atoms. The van der Waals surface area contributed by atoms with Gasteiger partial charge in [0.2, 0.25) is 0 Å². The smallest absolute Gasteiger partial charge is 0.872 e. The molecule has 0 fully saturated rings. The zero-order chi connectivity index (χ0) is 23.1. The first-order valence-corrected chi connectivity index (χ1v) is 10.2. The first kappa shape index (κ1) is 25.3. The van der Waals surface area contributed by atoms with Crippen LogP contribution < -0.4 is 10.2 Å². The molecule has 0 N–H and O–H groups in total. The molecule has 5 heteroatoms. The topological polar surface area (TPSA) is 71.9 Å².